The maximum atomic E-state index is 11.9. The Morgan fingerprint density at radius 2 is 2.00 bits per heavy atom. The quantitative estimate of drug-likeness (QED) is 0.601. The first-order valence-corrected chi connectivity index (χ1v) is 7.02. The lowest BCUT2D eigenvalue weighted by molar-refractivity contribution is 0.0942. The molecule has 0 aliphatic heterocycles. The monoisotopic (exact) mass is 303 g/mol. The third-order valence-electron chi connectivity index (χ3n) is 3.04. The number of nitrogens with one attached hydrogen (secondary N) is 3. The highest BCUT2D eigenvalue weighted by Gasteiger charge is 2.11. The van der Waals surface area contributed by atoms with Crippen LogP contribution in [0, 0.1) is 6.92 Å². The van der Waals surface area contributed by atoms with Crippen molar-refractivity contribution < 1.29 is 9.21 Å². The first kappa shape index (κ1) is 15.1. The zero-order valence-electron chi connectivity index (χ0n) is 11.9. The molecule has 0 fully saturated rings. The van der Waals surface area contributed by atoms with E-state index in [1.807, 2.05) is 24.3 Å². The summed E-state index contributed by atoms with van der Waals surface area (Å²) >= 11 is 5.16. The van der Waals surface area contributed by atoms with Crippen LogP contribution < -0.4 is 16.2 Å². The van der Waals surface area contributed by atoms with Crippen LogP contribution in [0.15, 0.2) is 41.0 Å². The van der Waals surface area contributed by atoms with Crippen molar-refractivity contribution in [1.29, 1.82) is 0 Å². The van der Waals surface area contributed by atoms with Crippen molar-refractivity contribution in [2.24, 2.45) is 0 Å². The number of carbonyl (C=O) groups is 1. The molecule has 5 nitrogen and oxygen atoms in total. The van der Waals surface area contributed by atoms with Gasteiger partial charge in [0.25, 0.3) is 5.91 Å². The molecule has 1 heterocycles. The Kier molecular flexibility index (Phi) is 4.94. The smallest absolute Gasteiger partial charge is 0.273 e. The fraction of sp³-hybridized carbons (Fsp3) is 0.200. The summed E-state index contributed by atoms with van der Waals surface area (Å²) in [5, 5.41) is 3.38. The normalized spacial score (nSPS) is 10.0. The van der Waals surface area contributed by atoms with E-state index >= 15 is 0 Å². The second-order valence-electron chi connectivity index (χ2n) is 4.43. The first-order chi connectivity index (χ1) is 10.1. The number of anilines is 1. The molecule has 0 unspecified atom stereocenters. The molecule has 2 aromatic rings. The van der Waals surface area contributed by atoms with Crippen LogP contribution >= 0.6 is 12.2 Å². The Morgan fingerprint density at radius 1 is 1.24 bits per heavy atom. The van der Waals surface area contributed by atoms with Gasteiger partial charge in [0, 0.05) is 5.69 Å². The fourth-order valence-electron chi connectivity index (χ4n) is 1.91. The Bertz CT molecular complexity index is 652. The lowest BCUT2D eigenvalue weighted by atomic mass is 10.1. The van der Waals surface area contributed by atoms with E-state index in [9.17, 15) is 4.79 Å². The van der Waals surface area contributed by atoms with Crippen molar-refractivity contribution >= 4 is 28.9 Å². The molecule has 110 valence electrons. The number of furan rings is 1. The summed E-state index contributed by atoms with van der Waals surface area (Å²) < 4.78 is 5.08. The van der Waals surface area contributed by atoms with Crippen LogP contribution in [0.4, 0.5) is 5.69 Å². The Hall–Kier alpha value is -2.34. The van der Waals surface area contributed by atoms with Crippen molar-refractivity contribution in [1.82, 2.24) is 10.9 Å². The molecule has 0 spiro atoms. The van der Waals surface area contributed by atoms with Crippen LogP contribution in [-0.4, -0.2) is 11.0 Å². The van der Waals surface area contributed by atoms with Crippen LogP contribution in [0.2, 0.25) is 0 Å². The second-order valence-corrected chi connectivity index (χ2v) is 4.84. The van der Waals surface area contributed by atoms with Crippen LogP contribution in [0.1, 0.15) is 28.6 Å². The van der Waals surface area contributed by atoms with Crippen molar-refractivity contribution in [3.63, 3.8) is 0 Å². The summed E-state index contributed by atoms with van der Waals surface area (Å²) in [5.41, 5.74) is 7.75. The zero-order chi connectivity index (χ0) is 15.2. The standard InChI is InChI=1S/C15H17N3O2S/c1-3-11-6-4-5-7-13(11)16-15(21)18-17-14(19)12-8-9-20-10(12)2/h4-9H,3H2,1-2H3,(H,17,19)(H2,16,18,21). The molecule has 21 heavy (non-hydrogen) atoms. The Labute approximate surface area is 128 Å². The topological polar surface area (TPSA) is 66.3 Å². The van der Waals surface area contributed by atoms with Gasteiger partial charge in [-0.25, -0.2) is 0 Å². The third-order valence-corrected chi connectivity index (χ3v) is 3.24. The summed E-state index contributed by atoms with van der Waals surface area (Å²) in [5.74, 6) is 0.263. The molecule has 0 atom stereocenters. The molecule has 6 heteroatoms. The summed E-state index contributed by atoms with van der Waals surface area (Å²) in [6, 6.07) is 9.48. The Balaban J connectivity index is 1.91. The van der Waals surface area contributed by atoms with Gasteiger partial charge in [-0.15, -0.1) is 0 Å². The average molecular weight is 303 g/mol. The van der Waals surface area contributed by atoms with Crippen LogP contribution in [0.3, 0.4) is 0 Å². The molecule has 0 saturated carbocycles. The molecule has 0 aliphatic carbocycles. The van der Waals surface area contributed by atoms with E-state index in [0.29, 0.717) is 16.4 Å². The van der Waals surface area contributed by atoms with Gasteiger partial charge in [0.1, 0.15) is 5.76 Å². The van der Waals surface area contributed by atoms with Crippen molar-refractivity contribution in [3.05, 3.63) is 53.5 Å². The number of carbonyl (C=O) groups excluding carboxylic acids is 1. The van der Waals surface area contributed by atoms with E-state index in [2.05, 4.69) is 23.1 Å². The highest BCUT2D eigenvalue weighted by atomic mass is 32.1. The summed E-state index contributed by atoms with van der Waals surface area (Å²) in [6.07, 6.45) is 2.37. The minimum Gasteiger partial charge on any atom is -0.469 e. The molecular weight excluding hydrogens is 286 g/mol. The molecule has 1 aromatic heterocycles. The van der Waals surface area contributed by atoms with Gasteiger partial charge in [-0.2, -0.15) is 0 Å². The van der Waals surface area contributed by atoms with Gasteiger partial charge in [-0.3, -0.25) is 15.6 Å². The largest absolute Gasteiger partial charge is 0.469 e. The van der Waals surface area contributed by atoms with E-state index < -0.39 is 0 Å². The lowest BCUT2D eigenvalue weighted by Crippen LogP contribution is -2.43. The first-order valence-electron chi connectivity index (χ1n) is 6.61. The summed E-state index contributed by atoms with van der Waals surface area (Å²) in [6.45, 7) is 3.80. The highest BCUT2D eigenvalue weighted by molar-refractivity contribution is 7.80. The average Bonchev–Trinajstić information content (AvgIpc) is 2.91. The number of hydrazine groups is 1. The molecule has 0 bridgehead atoms. The van der Waals surface area contributed by atoms with Gasteiger partial charge in [0.05, 0.1) is 11.8 Å². The van der Waals surface area contributed by atoms with Gasteiger partial charge in [0.15, 0.2) is 5.11 Å². The minimum absolute atomic E-state index is 0.297. The maximum Gasteiger partial charge on any atom is 0.273 e. The molecule has 0 radical (unpaired) electrons. The van der Waals surface area contributed by atoms with Crippen molar-refractivity contribution in [2.75, 3.05) is 5.32 Å². The van der Waals surface area contributed by atoms with Gasteiger partial charge in [0.2, 0.25) is 0 Å². The Morgan fingerprint density at radius 3 is 2.67 bits per heavy atom. The number of aryl methyl sites for hydroxylation is 2. The lowest BCUT2D eigenvalue weighted by Gasteiger charge is -2.13. The number of rotatable bonds is 3. The third kappa shape index (κ3) is 3.82. The van der Waals surface area contributed by atoms with Crippen molar-refractivity contribution in [2.45, 2.75) is 20.3 Å². The van der Waals surface area contributed by atoms with Gasteiger partial charge in [-0.1, -0.05) is 25.1 Å². The fourth-order valence-corrected chi connectivity index (χ4v) is 2.07. The molecule has 0 aliphatic rings. The van der Waals surface area contributed by atoms with Crippen LogP contribution in [0.5, 0.6) is 0 Å². The minimum atomic E-state index is -0.297. The van der Waals surface area contributed by atoms with E-state index in [1.165, 1.54) is 6.26 Å². The number of hydrogen-bond donors (Lipinski definition) is 3. The van der Waals surface area contributed by atoms with Gasteiger partial charge < -0.3 is 9.73 Å². The summed E-state index contributed by atoms with van der Waals surface area (Å²) in [7, 11) is 0. The van der Waals surface area contributed by atoms with Crippen molar-refractivity contribution in [3.8, 4) is 0 Å². The van der Waals surface area contributed by atoms with Crippen LogP contribution in [-0.2, 0) is 6.42 Å². The van der Waals surface area contributed by atoms with Crippen LogP contribution in [0.25, 0.3) is 0 Å². The number of benzene rings is 1. The highest BCUT2D eigenvalue weighted by Crippen LogP contribution is 2.15. The molecular formula is C15H17N3O2S. The van der Waals surface area contributed by atoms with E-state index in [4.69, 9.17) is 16.6 Å². The summed E-state index contributed by atoms with van der Waals surface area (Å²) in [4.78, 5) is 11.9. The number of amides is 1. The molecule has 2 rings (SSSR count). The van der Waals surface area contributed by atoms with E-state index in [-0.39, 0.29) is 5.91 Å². The van der Waals surface area contributed by atoms with Gasteiger partial charge in [-0.05, 0) is 43.3 Å². The predicted octanol–water partition coefficient (Wildman–Crippen LogP) is 2.78. The number of hydrogen-bond acceptors (Lipinski definition) is 3. The molecule has 1 aromatic carbocycles. The zero-order valence-corrected chi connectivity index (χ0v) is 12.7. The molecule has 3 N–H and O–H groups in total. The van der Waals surface area contributed by atoms with Gasteiger partial charge >= 0.3 is 0 Å². The second kappa shape index (κ2) is 6.90. The molecule has 0 saturated heterocycles. The number of thiocarbonyl (C=S) groups is 1. The predicted molar refractivity (Wildman–Crippen MR) is 86.1 cm³/mol. The van der Waals surface area contributed by atoms with E-state index in [0.717, 1.165) is 17.7 Å². The number of para-hydroxylation sites is 1. The SMILES string of the molecule is CCc1ccccc1NC(=S)NNC(=O)c1ccoc1C. The molecule has 1 amide bonds. The van der Waals surface area contributed by atoms with E-state index in [1.54, 1.807) is 13.0 Å². The maximum absolute atomic E-state index is 11.9.